The van der Waals surface area contributed by atoms with E-state index in [9.17, 15) is 4.79 Å². The third-order valence-electron chi connectivity index (χ3n) is 5.90. The minimum Gasteiger partial charge on any atom is -0.481 e. The molecule has 0 radical (unpaired) electrons. The van der Waals surface area contributed by atoms with E-state index in [-0.39, 0.29) is 0 Å². The molecule has 5 heteroatoms. The van der Waals surface area contributed by atoms with Crippen molar-refractivity contribution in [2.45, 2.75) is 109 Å². The number of hydrogen-bond acceptors (Lipinski definition) is 4. The van der Waals surface area contributed by atoms with Gasteiger partial charge >= 0.3 is 5.97 Å². The number of aliphatic carboxylic acids is 1. The van der Waals surface area contributed by atoms with Crippen LogP contribution >= 0.6 is 0 Å². The zero-order chi connectivity index (χ0) is 22.8. The highest BCUT2D eigenvalue weighted by molar-refractivity contribution is 5.70. The first-order valence-electron chi connectivity index (χ1n) is 12.1. The molecule has 0 aliphatic carbocycles. The van der Waals surface area contributed by atoms with Crippen molar-refractivity contribution < 1.29 is 24.4 Å². The summed E-state index contributed by atoms with van der Waals surface area (Å²) in [6.45, 7) is 3.65. The van der Waals surface area contributed by atoms with Gasteiger partial charge in [-0.2, -0.15) is 4.89 Å². The van der Waals surface area contributed by atoms with E-state index in [2.05, 4.69) is 24.3 Å². The van der Waals surface area contributed by atoms with Crippen LogP contribution in [0.3, 0.4) is 0 Å². The maximum absolute atomic E-state index is 11.1. The second kappa shape index (κ2) is 17.2. The Labute approximate surface area is 189 Å². The number of unbranched alkanes of at least 4 members (excludes halogenated alkanes) is 11. The largest absolute Gasteiger partial charge is 0.481 e. The highest BCUT2D eigenvalue weighted by atomic mass is 17.2. The molecule has 0 aromatic rings. The number of rotatable bonds is 18. The lowest BCUT2D eigenvalue weighted by Gasteiger charge is -2.34. The average molecular weight is 437 g/mol. The molecule has 0 aromatic carbocycles. The van der Waals surface area contributed by atoms with Gasteiger partial charge in [0.1, 0.15) is 6.10 Å². The van der Waals surface area contributed by atoms with E-state index in [0.29, 0.717) is 6.42 Å². The standard InChI is InChI=1S/C26H44O5/c1-4-5-6-7-8-9-10-11-12-13-14-15-16-17-18-19-21-26(29-3)22-20-24(30-31-26)23(2)25(27)28/h4-7,20,22-24H,8-19,21H2,1-3H3,(H,27,28)/t23?,24?,26-/m1/s1. The van der Waals surface area contributed by atoms with Crippen LogP contribution in [0.25, 0.3) is 0 Å². The van der Waals surface area contributed by atoms with Crippen molar-refractivity contribution in [1.82, 2.24) is 0 Å². The van der Waals surface area contributed by atoms with E-state index >= 15 is 0 Å². The minimum absolute atomic E-state index is 0.583. The number of hydrogen-bond donors (Lipinski definition) is 1. The zero-order valence-electron chi connectivity index (χ0n) is 19.9. The summed E-state index contributed by atoms with van der Waals surface area (Å²) in [6, 6.07) is 0. The Morgan fingerprint density at radius 3 is 2.10 bits per heavy atom. The second-order valence-corrected chi connectivity index (χ2v) is 8.53. The molecule has 0 aromatic heterocycles. The predicted molar refractivity (Wildman–Crippen MR) is 126 cm³/mol. The highest BCUT2D eigenvalue weighted by Gasteiger charge is 2.36. The Morgan fingerprint density at radius 1 is 1.03 bits per heavy atom. The number of allylic oxidation sites excluding steroid dienone is 4. The summed E-state index contributed by atoms with van der Waals surface area (Å²) in [6.07, 6.45) is 27.4. The van der Waals surface area contributed by atoms with Crippen molar-refractivity contribution in [3.05, 3.63) is 36.5 Å². The summed E-state index contributed by atoms with van der Waals surface area (Å²) in [5, 5.41) is 9.08. The van der Waals surface area contributed by atoms with Gasteiger partial charge in [-0.25, -0.2) is 4.89 Å². The molecule has 0 amide bonds. The molecule has 0 spiro atoms. The van der Waals surface area contributed by atoms with Gasteiger partial charge in [-0.05, 0) is 39.2 Å². The average Bonchev–Trinajstić information content (AvgIpc) is 2.78. The summed E-state index contributed by atoms with van der Waals surface area (Å²) in [5.74, 6) is -2.45. The molecule has 31 heavy (non-hydrogen) atoms. The van der Waals surface area contributed by atoms with Crippen molar-refractivity contribution in [3.8, 4) is 0 Å². The topological polar surface area (TPSA) is 65.0 Å². The number of carbonyl (C=O) groups is 1. The molecule has 1 heterocycles. The summed E-state index contributed by atoms with van der Waals surface area (Å²) >= 11 is 0. The van der Waals surface area contributed by atoms with Crippen LogP contribution in [0.5, 0.6) is 0 Å². The summed E-state index contributed by atoms with van der Waals surface area (Å²) in [7, 11) is 1.59. The number of carboxylic acids is 1. The number of methoxy groups -OCH3 is 1. The van der Waals surface area contributed by atoms with Gasteiger partial charge in [-0.3, -0.25) is 4.79 Å². The van der Waals surface area contributed by atoms with Crippen LogP contribution in [-0.4, -0.2) is 30.1 Å². The van der Waals surface area contributed by atoms with Gasteiger partial charge in [0.25, 0.3) is 0 Å². The monoisotopic (exact) mass is 436 g/mol. The highest BCUT2D eigenvalue weighted by Crippen LogP contribution is 2.29. The Bertz CT molecular complexity index is 554. The van der Waals surface area contributed by atoms with Crippen molar-refractivity contribution >= 4 is 5.97 Å². The van der Waals surface area contributed by atoms with Crippen molar-refractivity contribution in [1.29, 1.82) is 0 Å². The summed E-state index contributed by atoms with van der Waals surface area (Å²) < 4.78 is 5.50. The van der Waals surface area contributed by atoms with E-state index in [1.807, 2.05) is 6.92 Å². The normalized spacial score (nSPS) is 22.5. The lowest BCUT2D eigenvalue weighted by Crippen LogP contribution is -2.40. The minimum atomic E-state index is -0.906. The van der Waals surface area contributed by atoms with Crippen LogP contribution in [-0.2, 0) is 19.3 Å². The van der Waals surface area contributed by atoms with Crippen LogP contribution in [0, 0.1) is 5.92 Å². The van der Waals surface area contributed by atoms with E-state index in [1.165, 1.54) is 64.2 Å². The first kappa shape index (κ1) is 27.6. The van der Waals surface area contributed by atoms with E-state index in [0.717, 1.165) is 12.8 Å². The fraction of sp³-hybridized carbons (Fsp3) is 0.731. The smallest absolute Gasteiger partial charge is 0.309 e. The molecular formula is C26H44O5. The van der Waals surface area contributed by atoms with Gasteiger partial charge in [0.15, 0.2) is 0 Å². The molecule has 1 aliphatic heterocycles. The van der Waals surface area contributed by atoms with Gasteiger partial charge < -0.3 is 9.84 Å². The van der Waals surface area contributed by atoms with Crippen LogP contribution in [0.2, 0.25) is 0 Å². The molecule has 0 saturated heterocycles. The van der Waals surface area contributed by atoms with Crippen molar-refractivity contribution in [3.63, 3.8) is 0 Å². The molecule has 3 atom stereocenters. The Hall–Kier alpha value is -1.43. The van der Waals surface area contributed by atoms with Crippen molar-refractivity contribution in [2.75, 3.05) is 7.11 Å². The van der Waals surface area contributed by atoms with Crippen LogP contribution in [0.4, 0.5) is 0 Å². The van der Waals surface area contributed by atoms with Crippen LogP contribution in [0.1, 0.15) is 97.3 Å². The Morgan fingerprint density at radius 2 is 1.61 bits per heavy atom. The fourth-order valence-corrected chi connectivity index (χ4v) is 3.67. The van der Waals surface area contributed by atoms with E-state index in [1.54, 1.807) is 26.2 Å². The molecule has 1 N–H and O–H groups in total. The summed E-state index contributed by atoms with van der Waals surface area (Å²) in [4.78, 5) is 21.8. The summed E-state index contributed by atoms with van der Waals surface area (Å²) in [5.41, 5.74) is 0. The Kier molecular flexibility index (Phi) is 15.3. The zero-order valence-corrected chi connectivity index (χ0v) is 19.9. The van der Waals surface area contributed by atoms with Gasteiger partial charge in [0, 0.05) is 13.5 Å². The lowest BCUT2D eigenvalue weighted by molar-refractivity contribution is -0.432. The van der Waals surface area contributed by atoms with E-state index in [4.69, 9.17) is 19.6 Å². The number of ether oxygens (including phenoxy) is 1. The van der Waals surface area contributed by atoms with Crippen LogP contribution < -0.4 is 0 Å². The molecular weight excluding hydrogens is 392 g/mol. The molecule has 1 rings (SSSR count). The van der Waals surface area contributed by atoms with Crippen LogP contribution in [0.15, 0.2) is 36.5 Å². The molecule has 0 fully saturated rings. The fourth-order valence-electron chi connectivity index (χ4n) is 3.67. The molecule has 0 bridgehead atoms. The van der Waals surface area contributed by atoms with Gasteiger partial charge in [-0.1, -0.05) is 88.2 Å². The van der Waals surface area contributed by atoms with Crippen molar-refractivity contribution in [2.24, 2.45) is 5.92 Å². The quantitative estimate of drug-likeness (QED) is 0.107. The number of carboxylic acid groups (broad SMARTS) is 1. The van der Waals surface area contributed by atoms with Gasteiger partial charge in [0.05, 0.1) is 5.92 Å². The SMILES string of the molecule is CC=CC=CCCCCCCCCCCCCC[C@]1(OC)C=CC(C(C)C(=O)O)OO1. The molecule has 178 valence electrons. The first-order chi connectivity index (χ1) is 15.0. The van der Waals surface area contributed by atoms with Gasteiger partial charge in [-0.15, -0.1) is 0 Å². The molecule has 2 unspecified atom stereocenters. The van der Waals surface area contributed by atoms with E-state index < -0.39 is 23.8 Å². The third kappa shape index (κ3) is 12.3. The molecule has 1 aliphatic rings. The second-order valence-electron chi connectivity index (χ2n) is 8.53. The lowest BCUT2D eigenvalue weighted by atomic mass is 10.00. The molecule has 0 saturated carbocycles. The maximum Gasteiger partial charge on any atom is 0.309 e. The van der Waals surface area contributed by atoms with Gasteiger partial charge in [0.2, 0.25) is 5.79 Å². The third-order valence-corrected chi connectivity index (χ3v) is 5.90. The Balaban J connectivity index is 2.00. The first-order valence-corrected chi connectivity index (χ1v) is 12.1. The predicted octanol–water partition coefficient (Wildman–Crippen LogP) is 7.14. The molecule has 5 nitrogen and oxygen atoms in total. The maximum atomic E-state index is 11.1.